The number of carbonyl (C=O) groups is 1. The minimum atomic E-state index is 0.0291. The zero-order valence-electron chi connectivity index (χ0n) is 15.8. The monoisotopic (exact) mass is 345 g/mol. The van der Waals surface area contributed by atoms with E-state index in [0.29, 0.717) is 18.1 Å². The van der Waals surface area contributed by atoms with Crippen molar-refractivity contribution < 1.29 is 14.6 Å². The van der Waals surface area contributed by atoms with Crippen molar-refractivity contribution in [1.82, 2.24) is 5.32 Å². The van der Waals surface area contributed by atoms with E-state index in [4.69, 9.17) is 4.74 Å². The van der Waals surface area contributed by atoms with Crippen LogP contribution in [0.3, 0.4) is 0 Å². The van der Waals surface area contributed by atoms with Gasteiger partial charge in [0.1, 0.15) is 0 Å². The molecule has 1 aliphatic carbocycles. The quantitative estimate of drug-likeness (QED) is 0.786. The lowest BCUT2D eigenvalue weighted by atomic mass is 9.84. The van der Waals surface area contributed by atoms with Crippen molar-refractivity contribution in [3.63, 3.8) is 0 Å². The molecule has 0 saturated heterocycles. The number of ether oxygens (including phenoxy) is 1. The van der Waals surface area contributed by atoms with Gasteiger partial charge in [0.05, 0.1) is 13.5 Å². The van der Waals surface area contributed by atoms with Gasteiger partial charge in [-0.3, -0.25) is 4.79 Å². The second-order valence-electron chi connectivity index (χ2n) is 8.09. The number of carbonyl (C=O) groups excluding carboxylic acids is 1. The zero-order chi connectivity index (χ0) is 18.4. The van der Waals surface area contributed by atoms with Gasteiger partial charge < -0.3 is 15.2 Å². The van der Waals surface area contributed by atoms with Crippen LogP contribution in [0, 0.1) is 11.3 Å². The van der Waals surface area contributed by atoms with Crippen molar-refractivity contribution in [3.8, 4) is 11.5 Å². The van der Waals surface area contributed by atoms with Crippen LogP contribution in [0.2, 0.25) is 0 Å². The Morgan fingerprint density at radius 3 is 2.56 bits per heavy atom. The Bertz CT molecular complexity index is 608. The molecule has 0 atom stereocenters. The molecule has 1 fully saturated rings. The Morgan fingerprint density at radius 1 is 1.28 bits per heavy atom. The molecule has 0 spiro atoms. The van der Waals surface area contributed by atoms with Gasteiger partial charge in [0.2, 0.25) is 5.91 Å². The summed E-state index contributed by atoms with van der Waals surface area (Å²) in [6.07, 6.45) is 9.28. The number of nitrogens with one attached hydrogen (secondary N) is 1. The lowest BCUT2D eigenvalue weighted by molar-refractivity contribution is -0.121. The first-order valence-electron chi connectivity index (χ1n) is 9.11. The number of phenolic OH excluding ortho intramolecular Hbond substituents is 1. The Kier molecular flexibility index (Phi) is 6.51. The SMILES string of the molecule is COc1cc(CC(=O)NC2CCC(/C=C/C(C)(C)C)CC2)ccc1O. The van der Waals surface area contributed by atoms with E-state index in [-0.39, 0.29) is 23.1 Å². The van der Waals surface area contributed by atoms with E-state index in [1.165, 1.54) is 7.11 Å². The topological polar surface area (TPSA) is 58.6 Å². The summed E-state index contributed by atoms with van der Waals surface area (Å²) < 4.78 is 5.09. The third-order valence-corrected chi connectivity index (χ3v) is 4.61. The largest absolute Gasteiger partial charge is 0.504 e. The molecule has 2 rings (SSSR count). The molecule has 1 saturated carbocycles. The molecule has 0 bridgehead atoms. The van der Waals surface area contributed by atoms with Crippen LogP contribution in [-0.2, 0) is 11.2 Å². The van der Waals surface area contributed by atoms with E-state index in [0.717, 1.165) is 31.2 Å². The number of hydrogen-bond donors (Lipinski definition) is 2. The summed E-state index contributed by atoms with van der Waals surface area (Å²) in [6.45, 7) is 6.65. The highest BCUT2D eigenvalue weighted by atomic mass is 16.5. The lowest BCUT2D eigenvalue weighted by Crippen LogP contribution is -2.38. The maximum atomic E-state index is 12.3. The Morgan fingerprint density at radius 2 is 1.96 bits per heavy atom. The molecule has 0 aromatic heterocycles. The van der Waals surface area contributed by atoms with Crippen LogP contribution in [0.25, 0.3) is 0 Å². The van der Waals surface area contributed by atoms with E-state index < -0.39 is 0 Å². The molecule has 1 aromatic carbocycles. The van der Waals surface area contributed by atoms with Crippen LogP contribution in [0.4, 0.5) is 0 Å². The van der Waals surface area contributed by atoms with Crippen molar-refractivity contribution in [2.75, 3.05) is 7.11 Å². The van der Waals surface area contributed by atoms with Crippen molar-refractivity contribution in [1.29, 1.82) is 0 Å². The average Bonchev–Trinajstić information content (AvgIpc) is 2.55. The number of amides is 1. The van der Waals surface area contributed by atoms with Gasteiger partial charge in [-0.15, -0.1) is 0 Å². The van der Waals surface area contributed by atoms with Crippen LogP contribution in [-0.4, -0.2) is 24.2 Å². The highest BCUT2D eigenvalue weighted by Gasteiger charge is 2.21. The first kappa shape index (κ1) is 19.4. The van der Waals surface area contributed by atoms with Crippen LogP contribution in [0.5, 0.6) is 11.5 Å². The minimum absolute atomic E-state index is 0.0291. The first-order valence-corrected chi connectivity index (χ1v) is 9.11. The molecular formula is C21H31NO3. The summed E-state index contributed by atoms with van der Waals surface area (Å²) in [5, 5.41) is 12.8. The van der Waals surface area contributed by atoms with E-state index in [1.54, 1.807) is 18.2 Å². The van der Waals surface area contributed by atoms with Crippen molar-refractivity contribution in [2.24, 2.45) is 11.3 Å². The second-order valence-corrected chi connectivity index (χ2v) is 8.09. The smallest absolute Gasteiger partial charge is 0.224 e. The van der Waals surface area contributed by atoms with Crippen molar-refractivity contribution >= 4 is 5.91 Å². The molecule has 25 heavy (non-hydrogen) atoms. The fourth-order valence-electron chi connectivity index (χ4n) is 3.18. The number of hydrogen-bond acceptors (Lipinski definition) is 3. The predicted octanol–water partition coefficient (Wildman–Crippen LogP) is 4.22. The fraction of sp³-hybridized carbons (Fsp3) is 0.571. The Labute approximate surface area is 151 Å². The van der Waals surface area contributed by atoms with Crippen molar-refractivity contribution in [2.45, 2.75) is 58.9 Å². The highest BCUT2D eigenvalue weighted by Crippen LogP contribution is 2.28. The van der Waals surface area contributed by atoms with E-state index in [9.17, 15) is 9.90 Å². The fourth-order valence-corrected chi connectivity index (χ4v) is 3.18. The zero-order valence-corrected chi connectivity index (χ0v) is 15.8. The third kappa shape index (κ3) is 6.45. The summed E-state index contributed by atoms with van der Waals surface area (Å²) in [4.78, 5) is 12.3. The normalized spacial score (nSPS) is 21.3. The standard InChI is InChI=1S/C21H31NO3/c1-21(2,3)12-11-15-5-8-17(9-6-15)22-20(24)14-16-7-10-18(23)19(13-16)25-4/h7,10-13,15,17,23H,5-6,8-9,14H2,1-4H3,(H,22,24)/b12-11+. The summed E-state index contributed by atoms with van der Waals surface area (Å²) in [6, 6.07) is 5.30. The molecule has 1 amide bonds. The van der Waals surface area contributed by atoms with Crippen LogP contribution < -0.4 is 10.1 Å². The van der Waals surface area contributed by atoms with Gasteiger partial charge in [-0.1, -0.05) is 39.0 Å². The van der Waals surface area contributed by atoms with E-state index in [1.807, 2.05) is 0 Å². The van der Waals surface area contributed by atoms with Gasteiger partial charge in [0.25, 0.3) is 0 Å². The van der Waals surface area contributed by atoms with Crippen LogP contribution >= 0.6 is 0 Å². The number of benzene rings is 1. The van der Waals surface area contributed by atoms with Gasteiger partial charge in [-0.25, -0.2) is 0 Å². The second kappa shape index (κ2) is 8.41. The van der Waals surface area contributed by atoms with Gasteiger partial charge in [0, 0.05) is 6.04 Å². The molecule has 1 aliphatic rings. The summed E-state index contributed by atoms with van der Waals surface area (Å²) in [5.41, 5.74) is 1.07. The number of methoxy groups -OCH3 is 1. The number of phenols is 1. The maximum absolute atomic E-state index is 12.3. The van der Waals surface area contributed by atoms with Gasteiger partial charge in [-0.2, -0.15) is 0 Å². The molecule has 0 heterocycles. The number of aromatic hydroxyl groups is 1. The number of allylic oxidation sites excluding steroid dienone is 2. The van der Waals surface area contributed by atoms with Crippen molar-refractivity contribution in [3.05, 3.63) is 35.9 Å². The molecule has 0 radical (unpaired) electrons. The molecule has 4 nitrogen and oxygen atoms in total. The van der Waals surface area contributed by atoms with E-state index in [2.05, 4.69) is 38.2 Å². The van der Waals surface area contributed by atoms with Crippen LogP contribution in [0.1, 0.15) is 52.0 Å². The van der Waals surface area contributed by atoms with Gasteiger partial charge in [0.15, 0.2) is 11.5 Å². The molecule has 4 heteroatoms. The van der Waals surface area contributed by atoms with E-state index >= 15 is 0 Å². The summed E-state index contributed by atoms with van der Waals surface area (Å²) in [5.74, 6) is 1.15. The predicted molar refractivity (Wildman–Crippen MR) is 101 cm³/mol. The maximum Gasteiger partial charge on any atom is 0.224 e. The molecule has 138 valence electrons. The molecular weight excluding hydrogens is 314 g/mol. The Balaban J connectivity index is 1.80. The average molecular weight is 345 g/mol. The lowest BCUT2D eigenvalue weighted by Gasteiger charge is -2.28. The Hall–Kier alpha value is -1.97. The summed E-state index contributed by atoms with van der Waals surface area (Å²) >= 11 is 0. The highest BCUT2D eigenvalue weighted by molar-refractivity contribution is 5.79. The number of rotatable bonds is 5. The minimum Gasteiger partial charge on any atom is -0.504 e. The summed E-state index contributed by atoms with van der Waals surface area (Å²) in [7, 11) is 1.51. The molecule has 0 unspecified atom stereocenters. The molecule has 1 aromatic rings. The van der Waals surface area contributed by atoms with Crippen LogP contribution in [0.15, 0.2) is 30.4 Å². The third-order valence-electron chi connectivity index (χ3n) is 4.61. The van der Waals surface area contributed by atoms with Gasteiger partial charge >= 0.3 is 0 Å². The first-order chi connectivity index (χ1) is 11.8. The molecule has 0 aliphatic heterocycles. The molecule has 2 N–H and O–H groups in total. The van der Waals surface area contributed by atoms with Gasteiger partial charge in [-0.05, 0) is 54.7 Å².